The third-order valence-electron chi connectivity index (χ3n) is 5.79. The Hall–Kier alpha value is -1.74. The van der Waals surface area contributed by atoms with Crippen molar-refractivity contribution in [2.75, 3.05) is 39.3 Å². The lowest BCUT2D eigenvalue weighted by molar-refractivity contribution is -0.133. The highest BCUT2D eigenvalue weighted by Gasteiger charge is 2.31. The van der Waals surface area contributed by atoms with Gasteiger partial charge in [0.25, 0.3) is 0 Å². The molecule has 156 valence electrons. The van der Waals surface area contributed by atoms with Gasteiger partial charge >= 0.3 is 0 Å². The predicted octanol–water partition coefficient (Wildman–Crippen LogP) is 2.26. The molecule has 0 aliphatic carbocycles. The summed E-state index contributed by atoms with van der Waals surface area (Å²) >= 11 is 1.79. The first-order valence-electron chi connectivity index (χ1n) is 9.97. The standard InChI is InChI=1S/C21H27N3O3S2/c1-16-3-4-20(17(2)13-16)29(26,27)24-10-8-23(9-11-24)21(25)15-22-7-5-19-18(14-22)6-12-28-19/h3-4,6,12-13H,5,7-11,14-15H2,1-2H3. The number of nitrogens with zero attached hydrogens (tertiary/aromatic N) is 3. The maximum atomic E-state index is 13.0. The molecule has 0 radical (unpaired) electrons. The molecule has 0 unspecified atom stereocenters. The number of sulfonamides is 1. The lowest BCUT2D eigenvalue weighted by atomic mass is 10.1. The summed E-state index contributed by atoms with van der Waals surface area (Å²) in [6.45, 7) is 7.49. The minimum absolute atomic E-state index is 0.0900. The van der Waals surface area contributed by atoms with E-state index in [1.54, 1.807) is 22.3 Å². The molecular weight excluding hydrogens is 406 g/mol. The third kappa shape index (κ3) is 4.26. The molecule has 2 aliphatic heterocycles. The monoisotopic (exact) mass is 433 g/mol. The molecule has 0 atom stereocenters. The zero-order valence-electron chi connectivity index (χ0n) is 16.9. The number of hydrogen-bond acceptors (Lipinski definition) is 5. The van der Waals surface area contributed by atoms with Gasteiger partial charge in [-0.2, -0.15) is 4.31 Å². The fraction of sp³-hybridized carbons (Fsp3) is 0.476. The lowest BCUT2D eigenvalue weighted by Crippen LogP contribution is -2.52. The number of piperazine rings is 1. The summed E-state index contributed by atoms with van der Waals surface area (Å²) in [4.78, 5) is 18.5. The van der Waals surface area contributed by atoms with E-state index in [1.165, 1.54) is 14.7 Å². The van der Waals surface area contributed by atoms with Gasteiger partial charge in [-0.1, -0.05) is 17.7 Å². The van der Waals surface area contributed by atoms with Crippen LogP contribution in [0.3, 0.4) is 0 Å². The summed E-state index contributed by atoms with van der Waals surface area (Å²) in [5.74, 6) is 0.0900. The van der Waals surface area contributed by atoms with Gasteiger partial charge in [-0.3, -0.25) is 9.69 Å². The van der Waals surface area contributed by atoms with E-state index in [1.807, 2.05) is 26.0 Å². The second-order valence-corrected chi connectivity index (χ2v) is 10.8. The number of aryl methyl sites for hydroxylation is 2. The molecule has 4 rings (SSSR count). The molecule has 1 amide bonds. The highest BCUT2D eigenvalue weighted by atomic mass is 32.2. The van der Waals surface area contributed by atoms with Crippen molar-refractivity contribution < 1.29 is 13.2 Å². The summed E-state index contributed by atoms with van der Waals surface area (Å²) in [5, 5.41) is 2.12. The molecule has 0 spiro atoms. The number of rotatable bonds is 4. The van der Waals surface area contributed by atoms with Crippen molar-refractivity contribution >= 4 is 27.3 Å². The molecule has 1 aromatic heterocycles. The summed E-state index contributed by atoms with van der Waals surface area (Å²) in [5.41, 5.74) is 3.14. The number of carbonyl (C=O) groups excluding carboxylic acids is 1. The smallest absolute Gasteiger partial charge is 0.243 e. The second-order valence-electron chi connectivity index (χ2n) is 7.88. The van der Waals surface area contributed by atoms with Gasteiger partial charge in [0.1, 0.15) is 0 Å². The Balaban J connectivity index is 1.35. The highest BCUT2D eigenvalue weighted by Crippen LogP contribution is 2.25. The Labute approximate surface area is 176 Å². The van der Waals surface area contributed by atoms with Crippen LogP contribution in [0, 0.1) is 13.8 Å². The van der Waals surface area contributed by atoms with Crippen LogP contribution in [-0.4, -0.2) is 67.7 Å². The average molecular weight is 434 g/mol. The second kappa shape index (κ2) is 8.18. The predicted molar refractivity (Wildman–Crippen MR) is 115 cm³/mol. The van der Waals surface area contributed by atoms with Crippen molar-refractivity contribution in [1.82, 2.24) is 14.1 Å². The van der Waals surface area contributed by atoms with Gasteiger partial charge in [-0.05, 0) is 48.9 Å². The molecule has 2 aliphatic rings. The van der Waals surface area contributed by atoms with Gasteiger partial charge in [0.2, 0.25) is 15.9 Å². The van der Waals surface area contributed by atoms with E-state index in [0.29, 0.717) is 37.6 Å². The quantitative estimate of drug-likeness (QED) is 0.742. The van der Waals surface area contributed by atoms with Crippen LogP contribution in [-0.2, 0) is 27.8 Å². The van der Waals surface area contributed by atoms with Crippen LogP contribution in [0.15, 0.2) is 34.5 Å². The van der Waals surface area contributed by atoms with Gasteiger partial charge in [0, 0.05) is 44.1 Å². The molecule has 6 nitrogen and oxygen atoms in total. The maximum absolute atomic E-state index is 13.0. The van der Waals surface area contributed by atoms with Gasteiger partial charge in [-0.15, -0.1) is 11.3 Å². The zero-order chi connectivity index (χ0) is 20.6. The van der Waals surface area contributed by atoms with Crippen molar-refractivity contribution in [1.29, 1.82) is 0 Å². The van der Waals surface area contributed by atoms with E-state index < -0.39 is 10.0 Å². The van der Waals surface area contributed by atoms with Gasteiger partial charge in [-0.25, -0.2) is 8.42 Å². The van der Waals surface area contributed by atoms with E-state index in [4.69, 9.17) is 0 Å². The number of thiophene rings is 1. The van der Waals surface area contributed by atoms with Crippen LogP contribution in [0.1, 0.15) is 21.6 Å². The fourth-order valence-corrected chi connectivity index (χ4v) is 6.66. The van der Waals surface area contributed by atoms with Crippen LogP contribution >= 0.6 is 11.3 Å². The van der Waals surface area contributed by atoms with Crippen LogP contribution < -0.4 is 0 Å². The van der Waals surface area contributed by atoms with Gasteiger partial charge < -0.3 is 4.90 Å². The average Bonchev–Trinajstić information content (AvgIpc) is 3.15. The summed E-state index contributed by atoms with van der Waals surface area (Å²) in [7, 11) is -3.53. The topological polar surface area (TPSA) is 60.9 Å². The number of amides is 1. The number of fused-ring (bicyclic) bond motifs is 1. The molecule has 0 bridgehead atoms. The number of benzene rings is 1. The van der Waals surface area contributed by atoms with Crippen LogP contribution in [0.2, 0.25) is 0 Å². The highest BCUT2D eigenvalue weighted by molar-refractivity contribution is 7.89. The molecule has 1 fully saturated rings. The van der Waals surface area contributed by atoms with Crippen molar-refractivity contribution in [3.63, 3.8) is 0 Å². The minimum atomic E-state index is -3.53. The Kier molecular flexibility index (Phi) is 5.79. The van der Waals surface area contributed by atoms with E-state index in [2.05, 4.69) is 16.3 Å². The Bertz CT molecular complexity index is 1010. The molecule has 2 aromatic rings. The molecular formula is C21H27N3O3S2. The SMILES string of the molecule is Cc1ccc(S(=O)(=O)N2CCN(C(=O)CN3CCc4sccc4C3)CC2)c(C)c1. The third-order valence-corrected chi connectivity index (χ3v) is 8.87. The fourth-order valence-electron chi connectivity index (χ4n) is 4.14. The summed E-state index contributed by atoms with van der Waals surface area (Å²) in [6.07, 6.45) is 1.00. The molecule has 1 aromatic carbocycles. The van der Waals surface area contributed by atoms with E-state index in [-0.39, 0.29) is 5.91 Å². The summed E-state index contributed by atoms with van der Waals surface area (Å²) in [6, 6.07) is 7.56. The maximum Gasteiger partial charge on any atom is 0.243 e. The molecule has 8 heteroatoms. The lowest BCUT2D eigenvalue weighted by Gasteiger charge is -2.36. The first-order valence-corrected chi connectivity index (χ1v) is 12.3. The molecule has 0 saturated carbocycles. The van der Waals surface area contributed by atoms with Crippen molar-refractivity contribution in [3.8, 4) is 0 Å². The largest absolute Gasteiger partial charge is 0.339 e. The Morgan fingerprint density at radius 1 is 1.07 bits per heavy atom. The molecule has 3 heterocycles. The molecule has 1 saturated heterocycles. The van der Waals surface area contributed by atoms with Gasteiger partial charge in [0.15, 0.2) is 0 Å². The Morgan fingerprint density at radius 3 is 2.55 bits per heavy atom. The van der Waals surface area contributed by atoms with Crippen LogP contribution in [0.4, 0.5) is 0 Å². The zero-order valence-corrected chi connectivity index (χ0v) is 18.6. The number of hydrogen-bond donors (Lipinski definition) is 0. The van der Waals surface area contributed by atoms with Crippen LogP contribution in [0.5, 0.6) is 0 Å². The van der Waals surface area contributed by atoms with Gasteiger partial charge in [0.05, 0.1) is 11.4 Å². The minimum Gasteiger partial charge on any atom is -0.339 e. The van der Waals surface area contributed by atoms with E-state index in [0.717, 1.165) is 30.6 Å². The molecule has 0 N–H and O–H groups in total. The first kappa shape index (κ1) is 20.5. The molecule has 29 heavy (non-hydrogen) atoms. The normalized spacial score (nSPS) is 18.6. The summed E-state index contributed by atoms with van der Waals surface area (Å²) < 4.78 is 27.5. The first-order chi connectivity index (χ1) is 13.8. The number of carbonyl (C=O) groups is 1. The van der Waals surface area contributed by atoms with Crippen LogP contribution in [0.25, 0.3) is 0 Å². The Morgan fingerprint density at radius 2 is 1.83 bits per heavy atom. The van der Waals surface area contributed by atoms with Crippen molar-refractivity contribution in [3.05, 3.63) is 51.2 Å². The van der Waals surface area contributed by atoms with E-state index >= 15 is 0 Å². The van der Waals surface area contributed by atoms with Crippen molar-refractivity contribution in [2.24, 2.45) is 0 Å². The van der Waals surface area contributed by atoms with Crippen molar-refractivity contribution in [2.45, 2.75) is 31.7 Å². The van der Waals surface area contributed by atoms with E-state index in [9.17, 15) is 13.2 Å².